The molecule has 0 saturated carbocycles. The van der Waals surface area contributed by atoms with Crippen molar-refractivity contribution in [3.8, 4) is 5.75 Å². The summed E-state index contributed by atoms with van der Waals surface area (Å²) < 4.78 is 5.29. The molecule has 0 saturated heterocycles. The smallest absolute Gasteiger partial charge is 0.119 e. The van der Waals surface area contributed by atoms with Gasteiger partial charge in [0.1, 0.15) is 5.75 Å². The second-order valence-corrected chi connectivity index (χ2v) is 5.87. The first kappa shape index (κ1) is 17.3. The van der Waals surface area contributed by atoms with Crippen molar-refractivity contribution in [2.75, 3.05) is 45.3 Å². The van der Waals surface area contributed by atoms with Gasteiger partial charge in [0.25, 0.3) is 0 Å². The number of thioether (sulfide) groups is 1. The number of ether oxygens (including phenoxy) is 1. The molecule has 20 heavy (non-hydrogen) atoms. The molecule has 0 aliphatic carbocycles. The lowest BCUT2D eigenvalue weighted by molar-refractivity contribution is 0.324. The maximum atomic E-state index is 5.29. The van der Waals surface area contributed by atoms with Crippen LogP contribution >= 0.6 is 11.8 Å². The highest BCUT2D eigenvalue weighted by Crippen LogP contribution is 2.22. The van der Waals surface area contributed by atoms with E-state index in [1.807, 2.05) is 24.9 Å². The Kier molecular flexibility index (Phi) is 8.74. The van der Waals surface area contributed by atoms with E-state index < -0.39 is 0 Å². The molecule has 0 radical (unpaired) electrons. The molecule has 0 fully saturated rings. The van der Waals surface area contributed by atoms with Crippen LogP contribution in [0.15, 0.2) is 24.3 Å². The van der Waals surface area contributed by atoms with Crippen LogP contribution < -0.4 is 10.1 Å². The lowest BCUT2D eigenvalue weighted by atomic mass is 10.1. The van der Waals surface area contributed by atoms with Crippen molar-refractivity contribution in [2.45, 2.75) is 19.9 Å². The molecule has 1 aromatic carbocycles. The van der Waals surface area contributed by atoms with Crippen LogP contribution in [0, 0.1) is 0 Å². The van der Waals surface area contributed by atoms with Gasteiger partial charge < -0.3 is 15.0 Å². The number of rotatable bonds is 10. The zero-order valence-electron chi connectivity index (χ0n) is 13.2. The highest BCUT2D eigenvalue weighted by Gasteiger charge is 2.10. The number of hydrogen-bond acceptors (Lipinski definition) is 4. The fourth-order valence-electron chi connectivity index (χ4n) is 2.14. The third-order valence-electron chi connectivity index (χ3n) is 3.58. The Morgan fingerprint density at radius 2 is 2.05 bits per heavy atom. The molecule has 0 aromatic heterocycles. The van der Waals surface area contributed by atoms with Crippen molar-refractivity contribution >= 4 is 11.8 Å². The quantitative estimate of drug-likeness (QED) is 0.671. The summed E-state index contributed by atoms with van der Waals surface area (Å²) in [5.74, 6) is 3.20. The van der Waals surface area contributed by atoms with Crippen LogP contribution in [0.25, 0.3) is 0 Å². The van der Waals surface area contributed by atoms with Gasteiger partial charge in [-0.15, -0.1) is 0 Å². The molecule has 1 atom stereocenters. The molecule has 1 N–H and O–H groups in total. The summed E-state index contributed by atoms with van der Waals surface area (Å²) in [6.45, 7) is 7.90. The molecule has 1 rings (SSSR count). The second-order valence-electron chi connectivity index (χ2n) is 4.72. The van der Waals surface area contributed by atoms with Gasteiger partial charge in [-0.25, -0.2) is 0 Å². The van der Waals surface area contributed by atoms with Gasteiger partial charge in [0, 0.05) is 24.1 Å². The minimum absolute atomic E-state index is 0.381. The summed E-state index contributed by atoms with van der Waals surface area (Å²) >= 11 is 2.01. The van der Waals surface area contributed by atoms with Crippen LogP contribution in [0.1, 0.15) is 25.5 Å². The molecule has 1 unspecified atom stereocenters. The number of nitrogens with one attached hydrogen (secondary N) is 1. The summed E-state index contributed by atoms with van der Waals surface area (Å²) in [6, 6.07) is 8.70. The van der Waals surface area contributed by atoms with Crippen molar-refractivity contribution < 1.29 is 4.74 Å². The number of hydrogen-bond donors (Lipinski definition) is 1. The standard InChI is InChI=1S/C16H28N2OS/c1-5-18(6-2)10-11-20-13-16(17-3)14-8-7-9-15(12-14)19-4/h7-9,12,16-17H,5-6,10-11,13H2,1-4H3. The van der Waals surface area contributed by atoms with E-state index >= 15 is 0 Å². The molecule has 0 bridgehead atoms. The Balaban J connectivity index is 2.42. The van der Waals surface area contributed by atoms with Gasteiger partial charge in [-0.05, 0) is 37.8 Å². The van der Waals surface area contributed by atoms with Gasteiger partial charge >= 0.3 is 0 Å². The SMILES string of the molecule is CCN(CC)CCSCC(NC)c1cccc(OC)c1. The first-order valence-corrected chi connectivity index (χ1v) is 8.51. The number of methoxy groups -OCH3 is 1. The topological polar surface area (TPSA) is 24.5 Å². The van der Waals surface area contributed by atoms with Gasteiger partial charge in [0.15, 0.2) is 0 Å². The van der Waals surface area contributed by atoms with Gasteiger partial charge in [-0.2, -0.15) is 11.8 Å². The van der Waals surface area contributed by atoms with E-state index in [1.165, 1.54) is 17.9 Å². The van der Waals surface area contributed by atoms with Crippen LogP contribution in [0.3, 0.4) is 0 Å². The maximum absolute atomic E-state index is 5.29. The highest BCUT2D eigenvalue weighted by atomic mass is 32.2. The Hall–Kier alpha value is -0.710. The highest BCUT2D eigenvalue weighted by molar-refractivity contribution is 7.99. The third-order valence-corrected chi connectivity index (χ3v) is 4.62. The van der Waals surface area contributed by atoms with E-state index in [9.17, 15) is 0 Å². The Labute approximate surface area is 128 Å². The van der Waals surface area contributed by atoms with E-state index in [0.29, 0.717) is 6.04 Å². The fraction of sp³-hybridized carbons (Fsp3) is 0.625. The molecular weight excluding hydrogens is 268 g/mol. The van der Waals surface area contributed by atoms with Crippen molar-refractivity contribution in [2.24, 2.45) is 0 Å². The van der Waals surface area contributed by atoms with E-state index in [4.69, 9.17) is 4.74 Å². The lowest BCUT2D eigenvalue weighted by Crippen LogP contribution is -2.26. The normalized spacial score (nSPS) is 12.7. The fourth-order valence-corrected chi connectivity index (χ4v) is 3.29. The average Bonchev–Trinajstić information content (AvgIpc) is 2.51. The summed E-state index contributed by atoms with van der Waals surface area (Å²) in [7, 11) is 3.74. The zero-order chi connectivity index (χ0) is 14.8. The molecule has 0 aliphatic heterocycles. The first-order chi connectivity index (χ1) is 9.74. The minimum Gasteiger partial charge on any atom is -0.497 e. The van der Waals surface area contributed by atoms with E-state index in [0.717, 1.165) is 24.6 Å². The zero-order valence-corrected chi connectivity index (χ0v) is 14.0. The van der Waals surface area contributed by atoms with Crippen LogP contribution in [0.2, 0.25) is 0 Å². The van der Waals surface area contributed by atoms with E-state index in [-0.39, 0.29) is 0 Å². The summed E-state index contributed by atoms with van der Waals surface area (Å²) in [4.78, 5) is 2.47. The van der Waals surface area contributed by atoms with Crippen molar-refractivity contribution in [1.82, 2.24) is 10.2 Å². The molecule has 0 amide bonds. The van der Waals surface area contributed by atoms with Crippen molar-refractivity contribution in [1.29, 1.82) is 0 Å². The molecule has 1 aromatic rings. The molecule has 3 nitrogen and oxygen atoms in total. The summed E-state index contributed by atoms with van der Waals surface area (Å²) in [5, 5.41) is 3.40. The van der Waals surface area contributed by atoms with Gasteiger partial charge in [0.2, 0.25) is 0 Å². The van der Waals surface area contributed by atoms with Gasteiger partial charge in [-0.1, -0.05) is 26.0 Å². The van der Waals surface area contributed by atoms with Crippen molar-refractivity contribution in [3.05, 3.63) is 29.8 Å². The van der Waals surface area contributed by atoms with Crippen LogP contribution in [0.4, 0.5) is 0 Å². The number of nitrogens with zero attached hydrogens (tertiary/aromatic N) is 1. The Bertz CT molecular complexity index is 369. The average molecular weight is 296 g/mol. The third kappa shape index (κ3) is 5.73. The van der Waals surface area contributed by atoms with Crippen LogP contribution in [-0.4, -0.2) is 50.2 Å². The molecule has 114 valence electrons. The van der Waals surface area contributed by atoms with Crippen LogP contribution in [-0.2, 0) is 0 Å². The Morgan fingerprint density at radius 3 is 2.65 bits per heavy atom. The first-order valence-electron chi connectivity index (χ1n) is 7.36. The summed E-state index contributed by atoms with van der Waals surface area (Å²) in [6.07, 6.45) is 0. The lowest BCUT2D eigenvalue weighted by Gasteiger charge is -2.20. The molecule has 0 spiro atoms. The minimum atomic E-state index is 0.381. The summed E-state index contributed by atoms with van der Waals surface area (Å²) in [5.41, 5.74) is 1.29. The van der Waals surface area contributed by atoms with Gasteiger partial charge in [-0.3, -0.25) is 0 Å². The van der Waals surface area contributed by atoms with Gasteiger partial charge in [0.05, 0.1) is 7.11 Å². The largest absolute Gasteiger partial charge is 0.497 e. The predicted molar refractivity (Wildman–Crippen MR) is 89.9 cm³/mol. The van der Waals surface area contributed by atoms with E-state index in [2.05, 4.69) is 42.3 Å². The monoisotopic (exact) mass is 296 g/mol. The molecular formula is C16H28N2OS. The maximum Gasteiger partial charge on any atom is 0.119 e. The molecule has 0 heterocycles. The predicted octanol–water partition coefficient (Wildman–Crippen LogP) is 3.03. The van der Waals surface area contributed by atoms with E-state index in [1.54, 1.807) is 7.11 Å². The molecule has 0 aliphatic rings. The molecule has 4 heteroatoms. The van der Waals surface area contributed by atoms with Crippen molar-refractivity contribution in [3.63, 3.8) is 0 Å². The van der Waals surface area contributed by atoms with Crippen LogP contribution in [0.5, 0.6) is 5.75 Å². The second kappa shape index (κ2) is 10.1. The Morgan fingerprint density at radius 1 is 1.30 bits per heavy atom. The number of benzene rings is 1.